The lowest BCUT2D eigenvalue weighted by atomic mass is 10.1. The van der Waals surface area contributed by atoms with E-state index in [1.165, 1.54) is 40.9 Å². The smallest absolute Gasteiger partial charge is 0.220 e. The second-order valence-corrected chi connectivity index (χ2v) is 7.54. The zero-order valence-electron chi connectivity index (χ0n) is 12.3. The van der Waals surface area contributed by atoms with Gasteiger partial charge < -0.3 is 9.63 Å². The van der Waals surface area contributed by atoms with Gasteiger partial charge in [-0.1, -0.05) is 17.3 Å². The minimum Gasteiger partial charge on any atom is -0.387 e. The predicted octanol–water partition coefficient (Wildman–Crippen LogP) is 1.84. The van der Waals surface area contributed by atoms with Crippen LogP contribution in [-0.4, -0.2) is 35.6 Å². The van der Waals surface area contributed by atoms with Gasteiger partial charge in [0.05, 0.1) is 11.8 Å². The van der Waals surface area contributed by atoms with Crippen molar-refractivity contribution in [1.29, 1.82) is 0 Å². The van der Waals surface area contributed by atoms with E-state index in [-0.39, 0.29) is 18.3 Å². The molecule has 23 heavy (non-hydrogen) atoms. The molecule has 3 rings (SSSR count). The summed E-state index contributed by atoms with van der Waals surface area (Å²) in [6, 6.07) is 6.79. The van der Waals surface area contributed by atoms with Crippen LogP contribution >= 0.6 is 0 Å². The third-order valence-electron chi connectivity index (χ3n) is 3.74. The fraction of sp³-hybridized carbons (Fsp3) is 0.400. The first-order valence-corrected chi connectivity index (χ1v) is 8.89. The number of aromatic nitrogens is 1. The van der Waals surface area contributed by atoms with E-state index in [4.69, 9.17) is 0 Å². The zero-order valence-corrected chi connectivity index (χ0v) is 13.1. The van der Waals surface area contributed by atoms with Crippen LogP contribution in [0, 0.1) is 5.82 Å². The normalized spacial score (nSPS) is 16.7. The van der Waals surface area contributed by atoms with E-state index in [0.29, 0.717) is 11.3 Å². The summed E-state index contributed by atoms with van der Waals surface area (Å²) in [5, 5.41) is 13.9. The monoisotopic (exact) mass is 340 g/mol. The average Bonchev–Trinajstić information content (AvgIpc) is 3.22. The number of sulfonamides is 1. The highest BCUT2D eigenvalue weighted by Crippen LogP contribution is 2.32. The number of aliphatic hydroxyl groups is 1. The molecule has 0 unspecified atom stereocenters. The molecule has 1 saturated carbocycles. The molecule has 8 heteroatoms. The molecule has 1 N–H and O–H groups in total. The maximum Gasteiger partial charge on any atom is 0.220 e. The second kappa shape index (κ2) is 6.38. The number of aliphatic hydroxyl groups excluding tert-OH is 1. The van der Waals surface area contributed by atoms with Crippen molar-refractivity contribution >= 4 is 10.0 Å². The van der Waals surface area contributed by atoms with Gasteiger partial charge in [-0.3, -0.25) is 0 Å². The van der Waals surface area contributed by atoms with Crippen molar-refractivity contribution in [1.82, 2.24) is 9.46 Å². The molecule has 6 nitrogen and oxygen atoms in total. The van der Waals surface area contributed by atoms with Crippen molar-refractivity contribution in [2.24, 2.45) is 0 Å². The van der Waals surface area contributed by atoms with Crippen molar-refractivity contribution in [3.8, 4) is 0 Å². The highest BCUT2D eigenvalue weighted by Gasteiger charge is 2.38. The van der Waals surface area contributed by atoms with E-state index in [1.807, 2.05) is 0 Å². The molecule has 0 spiro atoms. The second-order valence-electron chi connectivity index (χ2n) is 5.62. The van der Waals surface area contributed by atoms with Gasteiger partial charge in [-0.05, 0) is 30.5 Å². The van der Waals surface area contributed by atoms with Crippen molar-refractivity contribution in [3.05, 3.63) is 53.7 Å². The number of halogens is 1. The van der Waals surface area contributed by atoms with Crippen LogP contribution in [-0.2, 0) is 15.8 Å². The minimum atomic E-state index is -3.62. The number of hydrogen-bond donors (Lipinski definition) is 1. The lowest BCUT2D eigenvalue weighted by Crippen LogP contribution is -2.37. The Kier molecular flexibility index (Phi) is 4.47. The Labute approximate surface area is 133 Å². The summed E-state index contributed by atoms with van der Waals surface area (Å²) in [5.74, 6) is -0.672. The molecular weight excluding hydrogens is 323 g/mol. The highest BCUT2D eigenvalue weighted by atomic mass is 32.2. The third-order valence-corrected chi connectivity index (χ3v) is 5.56. The summed E-state index contributed by atoms with van der Waals surface area (Å²) >= 11 is 0. The topological polar surface area (TPSA) is 83.6 Å². The van der Waals surface area contributed by atoms with Gasteiger partial charge in [0.25, 0.3) is 0 Å². The molecule has 0 bridgehead atoms. The number of hydrogen-bond acceptors (Lipinski definition) is 5. The lowest BCUT2D eigenvalue weighted by molar-refractivity contribution is 0.145. The Morgan fingerprint density at radius 2 is 2.00 bits per heavy atom. The fourth-order valence-electron chi connectivity index (χ4n) is 2.39. The van der Waals surface area contributed by atoms with Crippen LogP contribution in [0.4, 0.5) is 4.39 Å². The Bertz CT molecular complexity index is 742. The van der Waals surface area contributed by atoms with E-state index in [2.05, 4.69) is 9.68 Å². The van der Waals surface area contributed by atoms with E-state index in [9.17, 15) is 17.9 Å². The summed E-state index contributed by atoms with van der Waals surface area (Å²) in [6.07, 6.45) is 1.85. The van der Waals surface area contributed by atoms with Gasteiger partial charge in [0, 0.05) is 18.7 Å². The Morgan fingerprint density at radius 1 is 1.30 bits per heavy atom. The molecule has 1 aliphatic carbocycles. The molecular formula is C15H17FN2O4S. The SMILES string of the molecule is O=S(=O)(Cc1ccon1)N(C[C@H](O)c1ccc(F)cc1)C1CC1. The summed E-state index contributed by atoms with van der Waals surface area (Å²) in [6.45, 7) is -0.0590. The zero-order chi connectivity index (χ0) is 16.4. The van der Waals surface area contributed by atoms with E-state index in [1.54, 1.807) is 0 Å². The summed E-state index contributed by atoms with van der Waals surface area (Å²) in [7, 11) is -3.62. The van der Waals surface area contributed by atoms with Crippen molar-refractivity contribution in [2.45, 2.75) is 30.7 Å². The third kappa shape index (κ3) is 3.95. The first kappa shape index (κ1) is 16.1. The van der Waals surface area contributed by atoms with Gasteiger partial charge in [0.1, 0.15) is 17.8 Å². The van der Waals surface area contributed by atoms with Crippen LogP contribution in [0.2, 0.25) is 0 Å². The summed E-state index contributed by atoms with van der Waals surface area (Å²) in [5.41, 5.74) is 0.806. The number of benzene rings is 1. The molecule has 0 saturated heterocycles. The molecule has 0 radical (unpaired) electrons. The maximum absolute atomic E-state index is 12.9. The van der Waals surface area contributed by atoms with E-state index in [0.717, 1.165) is 12.8 Å². The van der Waals surface area contributed by atoms with Crippen LogP contribution in [0.5, 0.6) is 0 Å². The summed E-state index contributed by atoms with van der Waals surface area (Å²) < 4.78 is 44.1. The molecule has 1 aromatic heterocycles. The number of nitrogens with zero attached hydrogens (tertiary/aromatic N) is 2. The molecule has 0 aliphatic heterocycles. The first-order chi connectivity index (χ1) is 11.0. The molecule has 1 fully saturated rings. The lowest BCUT2D eigenvalue weighted by Gasteiger charge is -2.24. The molecule has 2 aromatic rings. The molecule has 1 atom stereocenters. The first-order valence-electron chi connectivity index (χ1n) is 7.28. The molecule has 124 valence electrons. The van der Waals surface area contributed by atoms with Crippen LogP contribution < -0.4 is 0 Å². The van der Waals surface area contributed by atoms with Crippen molar-refractivity contribution in [2.75, 3.05) is 6.54 Å². The van der Waals surface area contributed by atoms with Crippen LogP contribution in [0.1, 0.15) is 30.2 Å². The summed E-state index contributed by atoms with van der Waals surface area (Å²) in [4.78, 5) is 0. The van der Waals surface area contributed by atoms with Crippen LogP contribution in [0.15, 0.2) is 41.1 Å². The van der Waals surface area contributed by atoms with Gasteiger partial charge in [0.15, 0.2) is 0 Å². The van der Waals surface area contributed by atoms with E-state index >= 15 is 0 Å². The fourth-order valence-corrected chi connectivity index (χ4v) is 4.12. The largest absolute Gasteiger partial charge is 0.387 e. The minimum absolute atomic E-state index is 0.0590. The van der Waals surface area contributed by atoms with Crippen LogP contribution in [0.25, 0.3) is 0 Å². The predicted molar refractivity (Wildman–Crippen MR) is 80.2 cm³/mol. The Hall–Kier alpha value is -1.77. The Balaban J connectivity index is 1.75. The van der Waals surface area contributed by atoms with Gasteiger partial charge in [-0.25, -0.2) is 12.8 Å². The van der Waals surface area contributed by atoms with Gasteiger partial charge in [-0.2, -0.15) is 4.31 Å². The standard InChI is InChI=1S/C15H17FN2O4S/c16-12-3-1-11(2-4-12)15(19)9-18(14-5-6-14)23(20,21)10-13-7-8-22-17-13/h1-4,7-8,14-15,19H,5-6,9-10H2/t15-/m0/s1. The molecule has 0 amide bonds. The molecule has 1 heterocycles. The molecule has 1 aliphatic rings. The van der Waals surface area contributed by atoms with Crippen LogP contribution in [0.3, 0.4) is 0 Å². The van der Waals surface area contributed by atoms with Gasteiger partial charge >= 0.3 is 0 Å². The maximum atomic E-state index is 12.9. The number of rotatable bonds is 7. The highest BCUT2D eigenvalue weighted by molar-refractivity contribution is 7.88. The Morgan fingerprint density at radius 3 is 2.57 bits per heavy atom. The van der Waals surface area contributed by atoms with Gasteiger partial charge in [0.2, 0.25) is 10.0 Å². The average molecular weight is 340 g/mol. The quantitative estimate of drug-likeness (QED) is 0.831. The van der Waals surface area contributed by atoms with Crippen molar-refractivity contribution in [3.63, 3.8) is 0 Å². The molecule has 1 aromatic carbocycles. The van der Waals surface area contributed by atoms with Gasteiger partial charge in [-0.15, -0.1) is 0 Å². The van der Waals surface area contributed by atoms with Crippen molar-refractivity contribution < 1.29 is 22.4 Å². The van der Waals surface area contributed by atoms with E-state index < -0.39 is 21.9 Å².